The van der Waals surface area contributed by atoms with Gasteiger partial charge in [-0.3, -0.25) is 9.20 Å². The molecule has 3 N–H and O–H groups in total. The van der Waals surface area contributed by atoms with Crippen LogP contribution in [0.4, 0.5) is 8.78 Å². The van der Waals surface area contributed by atoms with Crippen molar-refractivity contribution in [3.8, 4) is 0 Å². The molecule has 0 bridgehead atoms. The first-order chi connectivity index (χ1) is 19.6. The maximum Gasteiger partial charge on any atom is 0.354 e. The van der Waals surface area contributed by atoms with E-state index < -0.39 is 17.5 Å². The Hall–Kier alpha value is -3.30. The number of carboxylic acid groups (broad SMARTS) is 1. The molecule has 0 radical (unpaired) electrons. The number of ketones is 1. The van der Waals surface area contributed by atoms with Gasteiger partial charge in [0.15, 0.2) is 11.5 Å². The van der Waals surface area contributed by atoms with Gasteiger partial charge in [0.05, 0.1) is 35.7 Å². The summed E-state index contributed by atoms with van der Waals surface area (Å²) in [5.74, 6) is -1.07. The maximum atomic E-state index is 16.2. The number of rotatable bonds is 10. The minimum absolute atomic E-state index is 0.0225. The molecular weight excluding hydrogens is 552 g/mol. The number of carboxylic acids is 1. The summed E-state index contributed by atoms with van der Waals surface area (Å²) < 4.78 is 38.2. The topological polar surface area (TPSA) is 107 Å². The number of hydrogen-bond donors (Lipinski definition) is 2. The van der Waals surface area contributed by atoms with Crippen molar-refractivity contribution < 1.29 is 28.2 Å². The molecule has 10 heteroatoms. The second kappa shape index (κ2) is 9.36. The maximum absolute atomic E-state index is 16.2. The number of benzene rings is 1. The molecule has 2 heterocycles. The van der Waals surface area contributed by atoms with Crippen LogP contribution >= 0.6 is 11.6 Å². The number of nitrogens with zero attached hydrogens (tertiary/aromatic N) is 2. The van der Waals surface area contributed by atoms with Crippen LogP contribution in [0.2, 0.25) is 5.02 Å². The molecule has 0 amide bonds. The van der Waals surface area contributed by atoms with E-state index in [2.05, 4.69) is 4.98 Å². The van der Waals surface area contributed by atoms with Crippen molar-refractivity contribution in [3.63, 3.8) is 0 Å². The Balaban J connectivity index is 1.03. The van der Waals surface area contributed by atoms with Crippen LogP contribution in [0.25, 0.3) is 11.3 Å². The zero-order chi connectivity index (χ0) is 28.7. The van der Waals surface area contributed by atoms with E-state index in [4.69, 9.17) is 22.1 Å². The molecule has 4 saturated carbocycles. The van der Waals surface area contributed by atoms with Gasteiger partial charge in [-0.2, -0.15) is 0 Å². The number of hydrogen-bond acceptors (Lipinski definition) is 5. The number of carbonyl (C=O) groups excluding carboxylic acids is 1. The largest absolute Gasteiger partial charge is 0.477 e. The van der Waals surface area contributed by atoms with Crippen LogP contribution in [0.15, 0.2) is 48.3 Å². The molecule has 5 unspecified atom stereocenters. The molecule has 0 aliphatic heterocycles. The summed E-state index contributed by atoms with van der Waals surface area (Å²) in [5.41, 5.74) is 6.83. The van der Waals surface area contributed by atoms with E-state index in [1.165, 1.54) is 24.4 Å². The molecule has 3 aromatic rings. The molecule has 0 saturated heterocycles. The van der Waals surface area contributed by atoms with Crippen molar-refractivity contribution in [1.82, 2.24) is 9.38 Å². The highest BCUT2D eigenvalue weighted by atomic mass is 35.5. The fraction of sp³-hybridized carbons (Fsp3) is 0.452. The molecule has 1 spiro atoms. The Morgan fingerprint density at radius 3 is 2.76 bits per heavy atom. The lowest BCUT2D eigenvalue weighted by atomic mass is 9.87. The van der Waals surface area contributed by atoms with E-state index in [1.54, 1.807) is 10.6 Å². The number of aromatic nitrogens is 2. The van der Waals surface area contributed by atoms with Gasteiger partial charge in [0.2, 0.25) is 0 Å². The number of imidazole rings is 1. The number of alkyl halides is 1. The fourth-order valence-electron chi connectivity index (χ4n) is 7.55. The van der Waals surface area contributed by atoms with Crippen molar-refractivity contribution in [1.29, 1.82) is 0 Å². The highest BCUT2D eigenvalue weighted by molar-refractivity contribution is 6.32. The molecule has 5 atom stereocenters. The summed E-state index contributed by atoms with van der Waals surface area (Å²) in [4.78, 5) is 28.6. The van der Waals surface area contributed by atoms with E-state index in [1.807, 2.05) is 12.1 Å². The van der Waals surface area contributed by atoms with Crippen LogP contribution in [-0.2, 0) is 16.0 Å². The van der Waals surface area contributed by atoms with Crippen LogP contribution < -0.4 is 5.73 Å². The number of fused-ring (bicyclic) bond motifs is 1. The first kappa shape index (κ1) is 26.6. The molecule has 214 valence electrons. The van der Waals surface area contributed by atoms with E-state index >= 15 is 4.39 Å². The van der Waals surface area contributed by atoms with Crippen LogP contribution in [-0.4, -0.2) is 45.1 Å². The highest BCUT2D eigenvalue weighted by Gasteiger charge is 2.80. The van der Waals surface area contributed by atoms with Gasteiger partial charge in [-0.1, -0.05) is 17.7 Å². The van der Waals surface area contributed by atoms with Crippen molar-refractivity contribution in [3.05, 3.63) is 76.0 Å². The Bertz CT molecular complexity index is 1610. The minimum atomic E-state index is -1.51. The third-order valence-electron chi connectivity index (χ3n) is 9.82. The summed E-state index contributed by atoms with van der Waals surface area (Å²) in [5, 5.41) is 9.43. The lowest BCUT2D eigenvalue weighted by Crippen LogP contribution is -2.34. The Morgan fingerprint density at radius 1 is 1.22 bits per heavy atom. The van der Waals surface area contributed by atoms with Crippen LogP contribution in [0.5, 0.6) is 0 Å². The molecule has 1 aromatic carbocycles. The first-order valence-corrected chi connectivity index (χ1v) is 14.4. The second-order valence-corrected chi connectivity index (χ2v) is 12.7. The van der Waals surface area contributed by atoms with Crippen molar-refractivity contribution in [2.24, 2.45) is 34.8 Å². The molecule has 4 aliphatic rings. The monoisotopic (exact) mass is 581 g/mol. The molecule has 7 rings (SSSR count). The van der Waals surface area contributed by atoms with E-state index in [9.17, 15) is 19.1 Å². The van der Waals surface area contributed by atoms with Gasteiger partial charge in [0.1, 0.15) is 17.1 Å². The third-order valence-corrected chi connectivity index (χ3v) is 10.1. The SMILES string of the molecule is NC(=C(COCC1(F)CC2CC23C(Cc2ccn4c(C(=O)O)cnc4c2)C3C1)C(=O)C1CC1)c1c(F)cccc1Cl. The zero-order valence-corrected chi connectivity index (χ0v) is 23.0. The Kier molecular flexibility index (Phi) is 6.07. The van der Waals surface area contributed by atoms with Gasteiger partial charge < -0.3 is 15.6 Å². The lowest BCUT2D eigenvalue weighted by molar-refractivity contribution is -0.117. The summed E-state index contributed by atoms with van der Waals surface area (Å²) in [6.45, 7) is -0.343. The average Bonchev–Trinajstić information content (AvgIpc) is 3.87. The van der Waals surface area contributed by atoms with Crippen LogP contribution in [0.1, 0.15) is 53.7 Å². The number of ether oxygens (including phenoxy) is 1. The van der Waals surface area contributed by atoms with Crippen molar-refractivity contribution in [2.75, 3.05) is 13.2 Å². The van der Waals surface area contributed by atoms with Crippen LogP contribution in [0, 0.1) is 34.9 Å². The number of Topliss-reactive ketones (excluding diaryl/α,β-unsaturated/α-hetero) is 1. The van der Waals surface area contributed by atoms with Crippen LogP contribution in [0.3, 0.4) is 0 Å². The van der Waals surface area contributed by atoms with Crippen molar-refractivity contribution in [2.45, 2.75) is 44.2 Å². The van der Waals surface area contributed by atoms with E-state index in [0.29, 0.717) is 30.3 Å². The zero-order valence-electron chi connectivity index (χ0n) is 22.3. The minimum Gasteiger partial charge on any atom is -0.477 e. The number of aromatic carboxylic acids is 1. The predicted octanol–water partition coefficient (Wildman–Crippen LogP) is 5.49. The van der Waals surface area contributed by atoms with Crippen molar-refractivity contribution >= 4 is 34.7 Å². The van der Waals surface area contributed by atoms with Gasteiger partial charge in [-0.15, -0.1) is 0 Å². The van der Waals surface area contributed by atoms with Gasteiger partial charge in [-0.05, 0) is 91.5 Å². The molecule has 7 nitrogen and oxygen atoms in total. The van der Waals surface area contributed by atoms with Gasteiger partial charge in [0, 0.05) is 17.7 Å². The molecular formula is C31H30ClF2N3O4. The standard InChI is InChI=1S/C31H30ClF2N3O4/c32-22-2-1-3-23(33)26(22)27(35)19(28(38)17-4-5-17)14-41-15-30(34)10-18-11-31(18)20(21(31)12-30)8-16-6-7-37-24(29(39)40)13-36-25(37)9-16/h1-3,6-7,9,13,17-18,20-21H,4-5,8,10-12,14-15,35H2,(H,39,40). The van der Waals surface area contributed by atoms with Gasteiger partial charge >= 0.3 is 5.97 Å². The lowest BCUT2D eigenvalue weighted by Gasteiger charge is -2.28. The molecule has 4 fully saturated rings. The fourth-order valence-corrected chi connectivity index (χ4v) is 7.81. The summed E-state index contributed by atoms with van der Waals surface area (Å²) in [7, 11) is 0. The molecule has 4 aliphatic carbocycles. The third kappa shape index (κ3) is 4.45. The van der Waals surface area contributed by atoms with Gasteiger partial charge in [0.25, 0.3) is 0 Å². The van der Waals surface area contributed by atoms with Gasteiger partial charge in [-0.25, -0.2) is 18.6 Å². The predicted molar refractivity (Wildman–Crippen MR) is 148 cm³/mol. The smallest absolute Gasteiger partial charge is 0.354 e. The molecule has 41 heavy (non-hydrogen) atoms. The number of carbonyl (C=O) groups is 2. The number of nitrogens with two attached hydrogens (primary N) is 1. The second-order valence-electron chi connectivity index (χ2n) is 12.3. The number of pyridine rings is 1. The quantitative estimate of drug-likeness (QED) is 0.307. The Morgan fingerprint density at radius 2 is 2.02 bits per heavy atom. The number of halogens is 3. The first-order valence-electron chi connectivity index (χ1n) is 14.0. The summed E-state index contributed by atoms with van der Waals surface area (Å²) in [6, 6.07) is 8.05. The summed E-state index contributed by atoms with van der Waals surface area (Å²) >= 11 is 6.21. The highest BCUT2D eigenvalue weighted by Crippen LogP contribution is 2.84. The molecule has 2 aromatic heterocycles. The van der Waals surface area contributed by atoms with E-state index in [0.717, 1.165) is 31.2 Å². The van der Waals surface area contributed by atoms with E-state index in [-0.39, 0.29) is 63.8 Å². The Labute approximate surface area is 240 Å². The normalized spacial score (nSPS) is 30.4. The summed E-state index contributed by atoms with van der Waals surface area (Å²) in [6.07, 6.45) is 7.20. The average molecular weight is 582 g/mol.